The van der Waals surface area contributed by atoms with Crippen molar-refractivity contribution in [2.75, 3.05) is 0 Å². The van der Waals surface area contributed by atoms with Crippen molar-refractivity contribution in [1.29, 1.82) is 0 Å². The molecule has 0 saturated carbocycles. The molecule has 5 aromatic carbocycles. The van der Waals surface area contributed by atoms with E-state index in [9.17, 15) is 0 Å². The fraction of sp³-hybridized carbons (Fsp3) is 0. The molecule has 0 saturated heterocycles. The Labute approximate surface area is 226 Å². The van der Waals surface area contributed by atoms with Gasteiger partial charge in [0.2, 0.25) is 5.89 Å². The first-order valence-electron chi connectivity index (χ1n) is 12.9. The summed E-state index contributed by atoms with van der Waals surface area (Å²) in [6, 6.07) is 46.9. The molecule has 0 aliphatic carbocycles. The van der Waals surface area contributed by atoms with Crippen molar-refractivity contribution >= 4 is 11.1 Å². The summed E-state index contributed by atoms with van der Waals surface area (Å²) in [5.74, 6) is 1.31. The monoisotopic (exact) mass is 501 g/mol. The second kappa shape index (κ2) is 9.84. The molecule has 0 bridgehead atoms. The quantitative estimate of drug-likeness (QED) is 0.236. The van der Waals surface area contributed by atoms with E-state index < -0.39 is 0 Å². The van der Waals surface area contributed by atoms with E-state index >= 15 is 0 Å². The SMILES string of the molecule is c1ccc(-c2cc(-c3ccccc3)nc(-c3ccc(-c4cccc5oc(-c6ccccc6)nc45)cc3)n2)cc1. The molecule has 0 amide bonds. The van der Waals surface area contributed by atoms with Crippen LogP contribution in [0.5, 0.6) is 0 Å². The van der Waals surface area contributed by atoms with Crippen molar-refractivity contribution in [3.63, 3.8) is 0 Å². The van der Waals surface area contributed by atoms with Crippen LogP contribution in [0.1, 0.15) is 0 Å². The molecule has 0 aliphatic rings. The second-order valence-corrected chi connectivity index (χ2v) is 9.31. The lowest BCUT2D eigenvalue weighted by atomic mass is 10.0. The summed E-state index contributed by atoms with van der Waals surface area (Å²) in [6.45, 7) is 0. The first kappa shape index (κ1) is 22.8. The van der Waals surface area contributed by atoms with E-state index in [4.69, 9.17) is 19.4 Å². The Morgan fingerprint density at radius 3 is 1.54 bits per heavy atom. The van der Waals surface area contributed by atoms with Crippen molar-refractivity contribution in [1.82, 2.24) is 15.0 Å². The standard InChI is InChI=1S/C35H23N3O/c1-4-11-25(12-5-1)30-23-31(26-13-6-2-7-14-26)37-34(36-30)27-21-19-24(20-22-27)29-17-10-18-32-33(29)38-35(39-32)28-15-8-3-9-16-28/h1-23H. The molecule has 4 nitrogen and oxygen atoms in total. The predicted octanol–water partition coefficient (Wildman–Crippen LogP) is 8.95. The van der Waals surface area contributed by atoms with Crippen LogP contribution in [0, 0.1) is 0 Å². The summed E-state index contributed by atoms with van der Waals surface area (Å²) in [5, 5.41) is 0. The van der Waals surface area contributed by atoms with Gasteiger partial charge in [0, 0.05) is 27.8 Å². The maximum absolute atomic E-state index is 6.09. The van der Waals surface area contributed by atoms with E-state index in [1.807, 2.05) is 78.9 Å². The molecule has 4 heteroatoms. The normalized spacial score (nSPS) is 11.1. The summed E-state index contributed by atoms with van der Waals surface area (Å²) in [5.41, 5.74) is 9.50. The van der Waals surface area contributed by atoms with Crippen LogP contribution in [-0.4, -0.2) is 15.0 Å². The van der Waals surface area contributed by atoms with Crippen molar-refractivity contribution in [3.05, 3.63) is 140 Å². The largest absolute Gasteiger partial charge is 0.436 e. The van der Waals surface area contributed by atoms with E-state index in [0.29, 0.717) is 11.7 Å². The zero-order valence-electron chi connectivity index (χ0n) is 21.0. The molecule has 0 fully saturated rings. The molecule has 7 aromatic rings. The Morgan fingerprint density at radius 2 is 0.949 bits per heavy atom. The molecule has 2 aromatic heterocycles. The van der Waals surface area contributed by atoms with Gasteiger partial charge < -0.3 is 4.42 Å². The lowest BCUT2D eigenvalue weighted by molar-refractivity contribution is 0.620. The van der Waals surface area contributed by atoms with Crippen LogP contribution in [0.15, 0.2) is 144 Å². The number of benzene rings is 5. The minimum Gasteiger partial charge on any atom is -0.436 e. The van der Waals surface area contributed by atoms with Gasteiger partial charge in [-0.15, -0.1) is 0 Å². The molecule has 0 atom stereocenters. The van der Waals surface area contributed by atoms with E-state index in [1.165, 1.54) is 0 Å². The Bertz CT molecular complexity index is 1820. The number of hydrogen-bond donors (Lipinski definition) is 0. The smallest absolute Gasteiger partial charge is 0.227 e. The summed E-state index contributed by atoms with van der Waals surface area (Å²) >= 11 is 0. The maximum atomic E-state index is 6.09. The predicted molar refractivity (Wildman–Crippen MR) is 157 cm³/mol. The molecule has 0 radical (unpaired) electrons. The Morgan fingerprint density at radius 1 is 0.410 bits per heavy atom. The maximum Gasteiger partial charge on any atom is 0.227 e. The highest BCUT2D eigenvalue weighted by atomic mass is 16.3. The molecule has 0 unspecified atom stereocenters. The van der Waals surface area contributed by atoms with Gasteiger partial charge in [-0.25, -0.2) is 15.0 Å². The topological polar surface area (TPSA) is 51.8 Å². The molecule has 0 spiro atoms. The molecule has 39 heavy (non-hydrogen) atoms. The van der Waals surface area contributed by atoms with E-state index in [-0.39, 0.29) is 0 Å². The minimum atomic E-state index is 0.620. The number of rotatable bonds is 5. The molecular weight excluding hydrogens is 478 g/mol. The summed E-state index contributed by atoms with van der Waals surface area (Å²) in [6.07, 6.45) is 0. The number of oxazole rings is 1. The average Bonchev–Trinajstić information content (AvgIpc) is 3.47. The van der Waals surface area contributed by atoms with E-state index in [0.717, 1.165) is 55.9 Å². The van der Waals surface area contributed by atoms with Crippen molar-refractivity contribution in [2.24, 2.45) is 0 Å². The highest BCUT2D eigenvalue weighted by molar-refractivity contribution is 5.92. The first-order chi connectivity index (χ1) is 19.3. The molecule has 7 rings (SSSR count). The number of aromatic nitrogens is 3. The molecule has 0 aliphatic heterocycles. The van der Waals surface area contributed by atoms with Gasteiger partial charge in [-0.1, -0.05) is 115 Å². The molecular formula is C35H23N3O. The van der Waals surface area contributed by atoms with Gasteiger partial charge in [0.25, 0.3) is 0 Å². The van der Waals surface area contributed by atoms with Crippen molar-refractivity contribution in [2.45, 2.75) is 0 Å². The highest BCUT2D eigenvalue weighted by Crippen LogP contribution is 2.33. The Hall–Kier alpha value is -5.35. The number of fused-ring (bicyclic) bond motifs is 1. The number of para-hydroxylation sites is 1. The average molecular weight is 502 g/mol. The molecule has 184 valence electrons. The van der Waals surface area contributed by atoms with E-state index in [2.05, 4.69) is 60.7 Å². The van der Waals surface area contributed by atoms with Gasteiger partial charge >= 0.3 is 0 Å². The van der Waals surface area contributed by atoms with Gasteiger partial charge in [-0.3, -0.25) is 0 Å². The third-order valence-corrected chi connectivity index (χ3v) is 6.76. The summed E-state index contributed by atoms with van der Waals surface area (Å²) in [7, 11) is 0. The lowest BCUT2D eigenvalue weighted by Gasteiger charge is -2.10. The van der Waals surface area contributed by atoms with Crippen molar-refractivity contribution < 1.29 is 4.42 Å². The fourth-order valence-corrected chi connectivity index (χ4v) is 4.77. The van der Waals surface area contributed by atoms with Crippen LogP contribution in [0.2, 0.25) is 0 Å². The zero-order chi connectivity index (χ0) is 26.0. The van der Waals surface area contributed by atoms with Crippen LogP contribution >= 0.6 is 0 Å². The van der Waals surface area contributed by atoms with Gasteiger partial charge in [0.15, 0.2) is 11.4 Å². The highest BCUT2D eigenvalue weighted by Gasteiger charge is 2.14. The van der Waals surface area contributed by atoms with Crippen LogP contribution < -0.4 is 0 Å². The second-order valence-electron chi connectivity index (χ2n) is 9.31. The van der Waals surface area contributed by atoms with Crippen molar-refractivity contribution in [3.8, 4) is 56.5 Å². The van der Waals surface area contributed by atoms with Crippen LogP contribution in [0.25, 0.3) is 67.6 Å². The fourth-order valence-electron chi connectivity index (χ4n) is 4.77. The minimum absolute atomic E-state index is 0.620. The van der Waals surface area contributed by atoms with E-state index in [1.54, 1.807) is 0 Å². The Balaban J connectivity index is 1.29. The molecule has 2 heterocycles. The number of nitrogens with zero attached hydrogens (tertiary/aromatic N) is 3. The lowest BCUT2D eigenvalue weighted by Crippen LogP contribution is -1.96. The summed E-state index contributed by atoms with van der Waals surface area (Å²) in [4.78, 5) is 14.7. The summed E-state index contributed by atoms with van der Waals surface area (Å²) < 4.78 is 6.09. The number of hydrogen-bond acceptors (Lipinski definition) is 4. The third kappa shape index (κ3) is 4.49. The first-order valence-corrected chi connectivity index (χ1v) is 12.9. The van der Waals surface area contributed by atoms with Crippen LogP contribution in [-0.2, 0) is 0 Å². The zero-order valence-corrected chi connectivity index (χ0v) is 21.0. The van der Waals surface area contributed by atoms with Gasteiger partial charge in [-0.2, -0.15) is 0 Å². The third-order valence-electron chi connectivity index (χ3n) is 6.76. The van der Waals surface area contributed by atoms with Gasteiger partial charge in [0.05, 0.1) is 11.4 Å². The van der Waals surface area contributed by atoms with Crippen LogP contribution in [0.3, 0.4) is 0 Å². The van der Waals surface area contributed by atoms with Gasteiger partial charge in [-0.05, 0) is 29.8 Å². The molecule has 0 N–H and O–H groups in total. The Kier molecular flexibility index (Phi) is 5.76. The van der Waals surface area contributed by atoms with Crippen LogP contribution in [0.4, 0.5) is 0 Å². The van der Waals surface area contributed by atoms with Gasteiger partial charge in [0.1, 0.15) is 5.52 Å².